The second-order valence-corrected chi connectivity index (χ2v) is 6.14. The first-order valence-electron chi connectivity index (χ1n) is 7.07. The van der Waals surface area contributed by atoms with Gasteiger partial charge in [-0.3, -0.25) is 0 Å². The summed E-state index contributed by atoms with van der Waals surface area (Å²) in [5, 5.41) is 3.24. The van der Waals surface area contributed by atoms with Crippen LogP contribution in [0.2, 0.25) is 0 Å². The summed E-state index contributed by atoms with van der Waals surface area (Å²) in [6.45, 7) is 7.00. The third kappa shape index (κ3) is 3.97. The minimum atomic E-state index is -0.256. The number of methoxy groups -OCH3 is 1. The van der Waals surface area contributed by atoms with E-state index in [4.69, 9.17) is 4.74 Å². The predicted molar refractivity (Wildman–Crippen MR) is 85.4 cm³/mol. The number of anilines is 1. The quantitative estimate of drug-likeness (QED) is 0.876. The van der Waals surface area contributed by atoms with Crippen molar-refractivity contribution >= 4 is 5.69 Å². The van der Waals surface area contributed by atoms with Gasteiger partial charge in [-0.1, -0.05) is 39.0 Å². The fourth-order valence-electron chi connectivity index (χ4n) is 2.08. The van der Waals surface area contributed by atoms with Crippen molar-refractivity contribution in [3.63, 3.8) is 0 Å². The van der Waals surface area contributed by atoms with Crippen molar-refractivity contribution in [1.29, 1.82) is 0 Å². The molecule has 0 atom stereocenters. The van der Waals surface area contributed by atoms with Crippen LogP contribution in [-0.4, -0.2) is 7.11 Å². The second-order valence-electron chi connectivity index (χ2n) is 6.14. The monoisotopic (exact) mass is 287 g/mol. The Kier molecular flexibility index (Phi) is 4.51. The van der Waals surface area contributed by atoms with Gasteiger partial charge in [-0.05, 0) is 29.2 Å². The molecule has 1 N–H and O–H groups in total. The molecule has 2 aromatic rings. The highest BCUT2D eigenvalue weighted by Gasteiger charge is 2.12. The van der Waals surface area contributed by atoms with Gasteiger partial charge in [0.2, 0.25) is 0 Å². The van der Waals surface area contributed by atoms with Gasteiger partial charge in [0.15, 0.2) is 0 Å². The van der Waals surface area contributed by atoms with Gasteiger partial charge < -0.3 is 10.1 Å². The van der Waals surface area contributed by atoms with E-state index in [1.165, 1.54) is 18.7 Å². The molecule has 2 nitrogen and oxygen atoms in total. The highest BCUT2D eigenvalue weighted by atomic mass is 19.1. The van der Waals surface area contributed by atoms with Gasteiger partial charge in [-0.2, -0.15) is 0 Å². The van der Waals surface area contributed by atoms with Gasteiger partial charge in [0, 0.05) is 23.9 Å². The highest BCUT2D eigenvalue weighted by molar-refractivity contribution is 5.46. The number of hydrogen-bond donors (Lipinski definition) is 1. The highest BCUT2D eigenvalue weighted by Crippen LogP contribution is 2.24. The summed E-state index contributed by atoms with van der Waals surface area (Å²) in [5.74, 6) is 0.277. The molecule has 2 rings (SSSR count). The van der Waals surface area contributed by atoms with Crippen molar-refractivity contribution in [2.75, 3.05) is 12.4 Å². The van der Waals surface area contributed by atoms with Gasteiger partial charge >= 0.3 is 0 Å². The maximum atomic E-state index is 13.8. The van der Waals surface area contributed by atoms with Crippen LogP contribution < -0.4 is 10.1 Å². The summed E-state index contributed by atoms with van der Waals surface area (Å²) in [7, 11) is 1.53. The summed E-state index contributed by atoms with van der Waals surface area (Å²) >= 11 is 0. The Morgan fingerprint density at radius 2 is 1.71 bits per heavy atom. The van der Waals surface area contributed by atoms with E-state index in [0.717, 1.165) is 5.69 Å². The summed E-state index contributed by atoms with van der Waals surface area (Å²) in [4.78, 5) is 0. The Bertz CT molecular complexity index is 600. The Morgan fingerprint density at radius 1 is 1.05 bits per heavy atom. The van der Waals surface area contributed by atoms with E-state index in [1.54, 1.807) is 12.1 Å². The van der Waals surface area contributed by atoms with Gasteiger partial charge in [-0.25, -0.2) is 4.39 Å². The fraction of sp³-hybridized carbons (Fsp3) is 0.333. The van der Waals surface area contributed by atoms with Crippen LogP contribution in [0.5, 0.6) is 5.75 Å². The molecule has 0 spiro atoms. The molecular formula is C18H22FNO. The van der Waals surface area contributed by atoms with E-state index in [2.05, 4.69) is 38.2 Å². The molecule has 112 valence electrons. The lowest BCUT2D eigenvalue weighted by Gasteiger charge is -2.19. The van der Waals surface area contributed by atoms with Crippen molar-refractivity contribution in [1.82, 2.24) is 0 Å². The van der Waals surface area contributed by atoms with E-state index in [-0.39, 0.29) is 11.2 Å². The second kappa shape index (κ2) is 6.17. The van der Waals surface area contributed by atoms with Crippen molar-refractivity contribution in [2.24, 2.45) is 0 Å². The molecule has 0 amide bonds. The van der Waals surface area contributed by atoms with Crippen LogP contribution >= 0.6 is 0 Å². The summed E-state index contributed by atoms with van der Waals surface area (Å²) in [5.41, 5.74) is 3.03. The molecule has 0 saturated carbocycles. The number of ether oxygens (including phenoxy) is 1. The van der Waals surface area contributed by atoms with Crippen LogP contribution in [0.4, 0.5) is 10.1 Å². The Morgan fingerprint density at radius 3 is 2.24 bits per heavy atom. The molecule has 0 radical (unpaired) electrons. The smallest absolute Gasteiger partial charge is 0.131 e. The van der Waals surface area contributed by atoms with Crippen LogP contribution in [0.1, 0.15) is 31.9 Å². The van der Waals surface area contributed by atoms with Gasteiger partial charge in [0.05, 0.1) is 7.11 Å². The molecule has 0 bridgehead atoms. The van der Waals surface area contributed by atoms with Crippen LogP contribution in [0.15, 0.2) is 42.5 Å². The van der Waals surface area contributed by atoms with E-state index < -0.39 is 0 Å². The molecule has 0 aliphatic heterocycles. The molecule has 0 aromatic heterocycles. The van der Waals surface area contributed by atoms with Crippen LogP contribution in [0, 0.1) is 5.82 Å². The third-order valence-electron chi connectivity index (χ3n) is 3.49. The first-order chi connectivity index (χ1) is 9.90. The molecule has 0 aliphatic rings. The van der Waals surface area contributed by atoms with Gasteiger partial charge in [0.25, 0.3) is 0 Å². The Labute approximate surface area is 126 Å². The molecule has 0 aliphatic carbocycles. The maximum Gasteiger partial charge on any atom is 0.131 e. The van der Waals surface area contributed by atoms with E-state index in [9.17, 15) is 4.39 Å². The number of hydrogen-bond acceptors (Lipinski definition) is 2. The average molecular weight is 287 g/mol. The molecule has 0 fully saturated rings. The summed E-state index contributed by atoms with van der Waals surface area (Å²) in [6, 6.07) is 13.2. The first-order valence-corrected chi connectivity index (χ1v) is 7.07. The molecule has 0 heterocycles. The van der Waals surface area contributed by atoms with Gasteiger partial charge in [-0.15, -0.1) is 0 Å². The zero-order valence-electron chi connectivity index (χ0n) is 13.0. The van der Waals surface area contributed by atoms with E-state index >= 15 is 0 Å². The lowest BCUT2D eigenvalue weighted by Crippen LogP contribution is -2.10. The average Bonchev–Trinajstić information content (AvgIpc) is 2.45. The lowest BCUT2D eigenvalue weighted by atomic mass is 9.87. The molecule has 0 unspecified atom stereocenters. The molecule has 0 saturated heterocycles. The normalized spacial score (nSPS) is 11.3. The van der Waals surface area contributed by atoms with Crippen molar-refractivity contribution in [3.05, 3.63) is 59.4 Å². The van der Waals surface area contributed by atoms with Crippen molar-refractivity contribution < 1.29 is 9.13 Å². The van der Waals surface area contributed by atoms with Crippen molar-refractivity contribution in [2.45, 2.75) is 32.7 Å². The summed E-state index contributed by atoms with van der Waals surface area (Å²) < 4.78 is 18.8. The zero-order chi connectivity index (χ0) is 15.5. The Balaban J connectivity index is 2.03. The summed E-state index contributed by atoms with van der Waals surface area (Å²) in [6.07, 6.45) is 0. The molecule has 3 heteroatoms. The fourth-order valence-corrected chi connectivity index (χ4v) is 2.08. The topological polar surface area (TPSA) is 21.3 Å². The van der Waals surface area contributed by atoms with Crippen LogP contribution in [-0.2, 0) is 12.0 Å². The van der Waals surface area contributed by atoms with Crippen molar-refractivity contribution in [3.8, 4) is 5.75 Å². The number of rotatable bonds is 4. The van der Waals surface area contributed by atoms with E-state index in [1.807, 2.05) is 12.1 Å². The van der Waals surface area contributed by atoms with Crippen LogP contribution in [0.3, 0.4) is 0 Å². The third-order valence-corrected chi connectivity index (χ3v) is 3.49. The lowest BCUT2D eigenvalue weighted by molar-refractivity contribution is 0.411. The zero-order valence-corrected chi connectivity index (χ0v) is 13.0. The number of nitrogens with one attached hydrogen (secondary N) is 1. The van der Waals surface area contributed by atoms with Crippen LogP contribution in [0.25, 0.3) is 0 Å². The molecule has 21 heavy (non-hydrogen) atoms. The minimum Gasteiger partial charge on any atom is -0.497 e. The molecular weight excluding hydrogens is 265 g/mol. The maximum absolute atomic E-state index is 13.8. The number of benzene rings is 2. The largest absolute Gasteiger partial charge is 0.497 e. The van der Waals surface area contributed by atoms with Gasteiger partial charge in [0.1, 0.15) is 11.6 Å². The predicted octanol–water partition coefficient (Wildman–Crippen LogP) is 4.74. The minimum absolute atomic E-state index is 0.140. The van der Waals surface area contributed by atoms with E-state index in [0.29, 0.717) is 17.9 Å². The first kappa shape index (κ1) is 15.4. The standard InChI is InChI=1S/C18H22FNO/c1-18(2,3)14-6-8-15(9-7-14)20-12-13-5-10-16(21-4)11-17(13)19/h5-11,20H,12H2,1-4H3. The number of halogens is 1. The Hall–Kier alpha value is -2.03. The molecule has 2 aromatic carbocycles. The SMILES string of the molecule is COc1ccc(CNc2ccc(C(C)(C)C)cc2)c(F)c1.